The van der Waals surface area contributed by atoms with Crippen molar-refractivity contribution in [3.05, 3.63) is 59.7 Å². The first kappa shape index (κ1) is 18.3. The van der Waals surface area contributed by atoms with Crippen LogP contribution in [0.2, 0.25) is 39.3 Å². The molecule has 0 amide bonds. The first-order chi connectivity index (χ1) is 11.2. The van der Waals surface area contributed by atoms with Crippen molar-refractivity contribution in [2.45, 2.75) is 39.3 Å². The molecule has 0 saturated heterocycles. The zero-order valence-electron chi connectivity index (χ0n) is 15.6. The van der Waals surface area contributed by atoms with E-state index < -0.39 is 16.1 Å². The molecule has 2 rings (SSSR count). The molecule has 0 fully saturated rings. The van der Waals surface area contributed by atoms with Crippen LogP contribution < -0.4 is 0 Å². The largest absolute Gasteiger partial charge is 0.129 e. The predicted octanol–water partition coefficient (Wildman–Crippen LogP) is 5.81. The standard InChI is InChI=1S/C22H26Si2/c1-23(2,3)17-15-19-11-7-9-13-21(19)22-14-10-8-12-20(22)16-18-24(4,5)6/h7-14H,1-6H3. The summed E-state index contributed by atoms with van der Waals surface area (Å²) in [6, 6.07) is 16.8. The minimum Gasteiger partial charge on any atom is -0.127 e. The minimum atomic E-state index is -1.40. The number of rotatable bonds is 1. The SMILES string of the molecule is C[Si](C)(C)C#Cc1ccccc1-c1ccccc1C#C[Si](C)(C)C. The molecule has 0 radical (unpaired) electrons. The van der Waals surface area contributed by atoms with Crippen LogP contribution in [0.5, 0.6) is 0 Å². The normalized spacial score (nSPS) is 11.1. The highest BCUT2D eigenvalue weighted by Gasteiger charge is 2.11. The predicted molar refractivity (Wildman–Crippen MR) is 112 cm³/mol. The van der Waals surface area contributed by atoms with Crippen LogP contribution in [-0.4, -0.2) is 16.1 Å². The third-order valence-corrected chi connectivity index (χ3v) is 5.04. The average molecular weight is 347 g/mol. The van der Waals surface area contributed by atoms with Gasteiger partial charge in [0.2, 0.25) is 0 Å². The van der Waals surface area contributed by atoms with Gasteiger partial charge in [-0.3, -0.25) is 0 Å². The van der Waals surface area contributed by atoms with Gasteiger partial charge >= 0.3 is 0 Å². The third-order valence-electron chi connectivity index (χ3n) is 3.29. The topological polar surface area (TPSA) is 0 Å². The van der Waals surface area contributed by atoms with Crippen molar-refractivity contribution in [2.75, 3.05) is 0 Å². The molecule has 0 N–H and O–H groups in total. The van der Waals surface area contributed by atoms with Crippen molar-refractivity contribution in [3.8, 4) is 34.1 Å². The highest BCUT2D eigenvalue weighted by molar-refractivity contribution is 6.84. The highest BCUT2D eigenvalue weighted by atomic mass is 28.3. The molecular weight excluding hydrogens is 320 g/mol. The van der Waals surface area contributed by atoms with E-state index in [-0.39, 0.29) is 0 Å². The molecule has 0 aliphatic carbocycles. The maximum absolute atomic E-state index is 3.48. The van der Waals surface area contributed by atoms with E-state index in [1.165, 1.54) is 11.1 Å². The van der Waals surface area contributed by atoms with Gasteiger partial charge in [0.1, 0.15) is 16.1 Å². The zero-order valence-corrected chi connectivity index (χ0v) is 17.6. The summed E-state index contributed by atoms with van der Waals surface area (Å²) in [5, 5.41) is 0. The molecule has 24 heavy (non-hydrogen) atoms. The van der Waals surface area contributed by atoms with Crippen LogP contribution in [0.1, 0.15) is 11.1 Å². The third kappa shape index (κ3) is 5.57. The Bertz CT molecular complexity index is 768. The summed E-state index contributed by atoms with van der Waals surface area (Å²) in [6.45, 7) is 13.6. The maximum Gasteiger partial charge on any atom is 0.129 e. The summed E-state index contributed by atoms with van der Waals surface area (Å²) < 4.78 is 0. The first-order valence-corrected chi connectivity index (χ1v) is 15.4. The van der Waals surface area contributed by atoms with Crippen LogP contribution in [0, 0.1) is 22.9 Å². The van der Waals surface area contributed by atoms with Crippen LogP contribution >= 0.6 is 0 Å². The van der Waals surface area contributed by atoms with Gasteiger partial charge in [-0.15, -0.1) is 11.1 Å². The second-order valence-corrected chi connectivity index (χ2v) is 17.6. The van der Waals surface area contributed by atoms with Gasteiger partial charge in [0.25, 0.3) is 0 Å². The summed E-state index contributed by atoms with van der Waals surface area (Å²) in [4.78, 5) is 0. The molecule has 122 valence electrons. The average Bonchev–Trinajstić information content (AvgIpc) is 2.50. The Hall–Kier alpha value is -2.01. The lowest BCUT2D eigenvalue weighted by atomic mass is 9.96. The fourth-order valence-corrected chi connectivity index (χ4v) is 3.18. The molecular formula is C22H26Si2. The van der Waals surface area contributed by atoms with E-state index in [4.69, 9.17) is 0 Å². The van der Waals surface area contributed by atoms with Gasteiger partial charge in [-0.25, -0.2) is 0 Å². The van der Waals surface area contributed by atoms with E-state index in [2.05, 4.69) is 111 Å². The van der Waals surface area contributed by atoms with E-state index >= 15 is 0 Å². The van der Waals surface area contributed by atoms with Crippen LogP contribution in [-0.2, 0) is 0 Å². The van der Waals surface area contributed by atoms with Gasteiger partial charge in [-0.2, -0.15) is 0 Å². The second kappa shape index (κ2) is 7.26. The molecule has 0 unspecified atom stereocenters. The Labute approximate surface area is 149 Å². The summed E-state index contributed by atoms with van der Waals surface area (Å²) >= 11 is 0. The van der Waals surface area contributed by atoms with Crippen LogP contribution in [0.25, 0.3) is 11.1 Å². The Morgan fingerprint density at radius 2 is 0.875 bits per heavy atom. The van der Waals surface area contributed by atoms with Crippen molar-refractivity contribution in [1.82, 2.24) is 0 Å². The van der Waals surface area contributed by atoms with Crippen molar-refractivity contribution in [3.63, 3.8) is 0 Å². The molecule has 0 bridgehead atoms. The lowest BCUT2D eigenvalue weighted by molar-refractivity contribution is 1.56. The van der Waals surface area contributed by atoms with Crippen molar-refractivity contribution >= 4 is 16.1 Å². The molecule has 2 aromatic rings. The minimum absolute atomic E-state index is 1.10. The van der Waals surface area contributed by atoms with E-state index in [1.807, 2.05) is 0 Å². The van der Waals surface area contributed by atoms with Crippen LogP contribution in [0.4, 0.5) is 0 Å². The molecule has 0 aliphatic rings. The zero-order chi connectivity index (χ0) is 17.8. The van der Waals surface area contributed by atoms with Gasteiger partial charge in [0.05, 0.1) is 0 Å². The van der Waals surface area contributed by atoms with E-state index in [0.717, 1.165) is 11.1 Å². The summed E-state index contributed by atoms with van der Waals surface area (Å²) in [6.07, 6.45) is 0. The fourth-order valence-electron chi connectivity index (χ4n) is 2.16. The van der Waals surface area contributed by atoms with Crippen molar-refractivity contribution in [1.29, 1.82) is 0 Å². The van der Waals surface area contributed by atoms with Gasteiger partial charge in [0.15, 0.2) is 0 Å². The first-order valence-electron chi connectivity index (χ1n) is 8.40. The molecule has 0 nitrogen and oxygen atoms in total. The van der Waals surface area contributed by atoms with E-state index in [9.17, 15) is 0 Å². The van der Waals surface area contributed by atoms with E-state index in [1.54, 1.807) is 0 Å². The number of benzene rings is 2. The molecule has 0 spiro atoms. The Morgan fingerprint density at radius 3 is 1.21 bits per heavy atom. The highest BCUT2D eigenvalue weighted by Crippen LogP contribution is 2.26. The smallest absolute Gasteiger partial charge is 0.127 e. The molecule has 0 aromatic heterocycles. The van der Waals surface area contributed by atoms with Crippen molar-refractivity contribution < 1.29 is 0 Å². The Morgan fingerprint density at radius 1 is 0.542 bits per heavy atom. The molecule has 0 atom stereocenters. The summed E-state index contributed by atoms with van der Waals surface area (Å²) in [5.74, 6) is 6.85. The van der Waals surface area contributed by atoms with E-state index in [0.29, 0.717) is 0 Å². The van der Waals surface area contributed by atoms with Gasteiger partial charge in [-0.05, 0) is 23.3 Å². The van der Waals surface area contributed by atoms with Gasteiger partial charge in [-0.1, -0.05) is 87.5 Å². The number of hydrogen-bond donors (Lipinski definition) is 0. The van der Waals surface area contributed by atoms with Crippen molar-refractivity contribution in [2.24, 2.45) is 0 Å². The molecule has 2 heteroatoms. The monoisotopic (exact) mass is 346 g/mol. The lowest BCUT2D eigenvalue weighted by Crippen LogP contribution is -2.16. The molecule has 0 heterocycles. The molecule has 0 aliphatic heterocycles. The summed E-state index contributed by atoms with van der Waals surface area (Å²) in [5.41, 5.74) is 11.5. The maximum atomic E-state index is 3.48. The van der Waals surface area contributed by atoms with Crippen LogP contribution in [0.3, 0.4) is 0 Å². The van der Waals surface area contributed by atoms with Gasteiger partial charge in [0, 0.05) is 11.1 Å². The number of hydrogen-bond acceptors (Lipinski definition) is 0. The second-order valence-electron chi connectivity index (χ2n) is 8.09. The lowest BCUT2D eigenvalue weighted by Gasteiger charge is -2.10. The Kier molecular flexibility index (Phi) is 5.55. The molecule has 0 saturated carbocycles. The summed E-state index contributed by atoms with van der Waals surface area (Å²) in [7, 11) is -2.80. The fraction of sp³-hybridized carbons (Fsp3) is 0.273. The quantitative estimate of drug-likeness (QED) is 0.451. The molecule has 2 aromatic carbocycles. The van der Waals surface area contributed by atoms with Gasteiger partial charge < -0.3 is 0 Å². The Balaban J connectivity index is 2.58. The van der Waals surface area contributed by atoms with Crippen LogP contribution in [0.15, 0.2) is 48.5 Å².